The number of alkyl halides is 1. The largest absolute Gasteiger partial charge is 0.444 e. The van der Waals surface area contributed by atoms with Crippen molar-refractivity contribution >= 4 is 15.9 Å². The SMILES string of the molecule is Cc1nc(Cn2nncc2CBr)oc1C. The van der Waals surface area contributed by atoms with Crippen LogP contribution >= 0.6 is 15.9 Å². The lowest BCUT2D eigenvalue weighted by Gasteiger charge is -1.99. The van der Waals surface area contributed by atoms with Crippen LogP contribution in [0, 0.1) is 13.8 Å². The number of hydrogen-bond acceptors (Lipinski definition) is 4. The summed E-state index contributed by atoms with van der Waals surface area (Å²) in [6, 6.07) is 0. The maximum atomic E-state index is 5.47. The summed E-state index contributed by atoms with van der Waals surface area (Å²) in [5, 5.41) is 8.51. The lowest BCUT2D eigenvalue weighted by atomic mass is 10.4. The topological polar surface area (TPSA) is 56.7 Å². The number of aryl methyl sites for hydroxylation is 2. The van der Waals surface area contributed by atoms with Crippen LogP contribution in [0.5, 0.6) is 0 Å². The second-order valence-electron chi connectivity index (χ2n) is 3.27. The number of oxazole rings is 1. The molecule has 0 spiro atoms. The molecular formula is C9H11BrN4O. The Hall–Kier alpha value is -1.17. The van der Waals surface area contributed by atoms with E-state index < -0.39 is 0 Å². The van der Waals surface area contributed by atoms with Crippen molar-refractivity contribution in [3.05, 3.63) is 29.2 Å². The molecule has 0 radical (unpaired) electrons. The highest BCUT2D eigenvalue weighted by Gasteiger charge is 2.09. The van der Waals surface area contributed by atoms with Crippen LogP contribution < -0.4 is 0 Å². The number of hydrogen-bond donors (Lipinski definition) is 0. The lowest BCUT2D eigenvalue weighted by Crippen LogP contribution is -2.05. The first kappa shape index (κ1) is 10.4. The van der Waals surface area contributed by atoms with Gasteiger partial charge in [0, 0.05) is 5.33 Å². The molecule has 0 aliphatic heterocycles. The van der Waals surface area contributed by atoms with Gasteiger partial charge in [0.25, 0.3) is 0 Å². The van der Waals surface area contributed by atoms with Crippen molar-refractivity contribution in [1.82, 2.24) is 20.0 Å². The summed E-state index contributed by atoms with van der Waals surface area (Å²) in [5.41, 5.74) is 1.93. The van der Waals surface area contributed by atoms with E-state index in [1.165, 1.54) is 0 Å². The second-order valence-corrected chi connectivity index (χ2v) is 3.83. The molecule has 0 aliphatic rings. The summed E-state index contributed by atoms with van der Waals surface area (Å²) in [6.07, 6.45) is 1.72. The van der Waals surface area contributed by atoms with Crippen LogP contribution in [0.1, 0.15) is 23.0 Å². The number of halogens is 1. The minimum atomic E-state index is 0.523. The van der Waals surface area contributed by atoms with Gasteiger partial charge in [-0.3, -0.25) is 0 Å². The Kier molecular flexibility index (Phi) is 2.86. The summed E-state index contributed by atoms with van der Waals surface area (Å²) in [5.74, 6) is 1.52. The Bertz CT molecular complexity index is 443. The molecule has 0 saturated heterocycles. The van der Waals surface area contributed by atoms with E-state index in [9.17, 15) is 0 Å². The standard InChI is InChI=1S/C9H11BrN4O/c1-6-7(2)15-9(12-6)5-14-8(3-10)4-11-13-14/h4H,3,5H2,1-2H3. The molecule has 0 saturated carbocycles. The lowest BCUT2D eigenvalue weighted by molar-refractivity contribution is 0.439. The molecule has 0 aliphatic carbocycles. The zero-order valence-corrected chi connectivity index (χ0v) is 10.2. The molecule has 5 nitrogen and oxygen atoms in total. The van der Waals surface area contributed by atoms with Gasteiger partial charge in [-0.15, -0.1) is 5.10 Å². The number of rotatable bonds is 3. The van der Waals surface area contributed by atoms with E-state index in [1.807, 2.05) is 13.8 Å². The van der Waals surface area contributed by atoms with Gasteiger partial charge in [0.15, 0.2) is 0 Å². The van der Waals surface area contributed by atoms with Gasteiger partial charge < -0.3 is 4.42 Å². The van der Waals surface area contributed by atoms with Gasteiger partial charge in [0.2, 0.25) is 5.89 Å². The van der Waals surface area contributed by atoms with E-state index >= 15 is 0 Å². The minimum Gasteiger partial charge on any atom is -0.444 e. The van der Waals surface area contributed by atoms with E-state index in [0.29, 0.717) is 12.4 Å². The molecule has 0 atom stereocenters. The van der Waals surface area contributed by atoms with Crippen LogP contribution in [0.15, 0.2) is 10.6 Å². The summed E-state index contributed by atoms with van der Waals surface area (Å²) in [4.78, 5) is 4.29. The fourth-order valence-electron chi connectivity index (χ4n) is 1.25. The summed E-state index contributed by atoms with van der Waals surface area (Å²) < 4.78 is 7.24. The summed E-state index contributed by atoms with van der Waals surface area (Å²) >= 11 is 3.37. The van der Waals surface area contributed by atoms with Crippen molar-refractivity contribution in [3.8, 4) is 0 Å². The highest BCUT2D eigenvalue weighted by Crippen LogP contribution is 2.11. The third-order valence-corrected chi connectivity index (χ3v) is 2.77. The average Bonchev–Trinajstić information content (AvgIpc) is 2.75. The van der Waals surface area contributed by atoms with Gasteiger partial charge in [-0.1, -0.05) is 21.1 Å². The van der Waals surface area contributed by atoms with Gasteiger partial charge in [0.1, 0.15) is 12.3 Å². The zero-order valence-electron chi connectivity index (χ0n) is 8.57. The minimum absolute atomic E-state index is 0.523. The Labute approximate surface area is 95.6 Å². The zero-order chi connectivity index (χ0) is 10.8. The number of aromatic nitrogens is 4. The molecule has 2 heterocycles. The molecular weight excluding hydrogens is 260 g/mol. The first-order chi connectivity index (χ1) is 7.20. The Balaban J connectivity index is 2.21. The quantitative estimate of drug-likeness (QED) is 0.799. The van der Waals surface area contributed by atoms with Crippen molar-refractivity contribution in [2.24, 2.45) is 0 Å². The van der Waals surface area contributed by atoms with Gasteiger partial charge >= 0.3 is 0 Å². The molecule has 2 aromatic rings. The smallest absolute Gasteiger partial charge is 0.216 e. The van der Waals surface area contributed by atoms with Crippen LogP contribution in [-0.4, -0.2) is 20.0 Å². The van der Waals surface area contributed by atoms with Crippen LogP contribution in [-0.2, 0) is 11.9 Å². The van der Waals surface area contributed by atoms with Crippen LogP contribution in [0.4, 0.5) is 0 Å². The van der Waals surface area contributed by atoms with E-state index in [1.54, 1.807) is 10.9 Å². The monoisotopic (exact) mass is 270 g/mol. The van der Waals surface area contributed by atoms with Gasteiger partial charge in [-0.05, 0) is 13.8 Å². The normalized spacial score (nSPS) is 10.9. The third kappa shape index (κ3) is 2.09. The molecule has 2 rings (SSSR count). The van der Waals surface area contributed by atoms with Gasteiger partial charge in [0.05, 0.1) is 17.6 Å². The van der Waals surface area contributed by atoms with Crippen LogP contribution in [0.2, 0.25) is 0 Å². The fraction of sp³-hybridized carbons (Fsp3) is 0.444. The fourth-order valence-corrected chi connectivity index (χ4v) is 1.68. The number of nitrogens with zero attached hydrogens (tertiary/aromatic N) is 4. The molecule has 6 heteroatoms. The highest BCUT2D eigenvalue weighted by molar-refractivity contribution is 9.08. The van der Waals surface area contributed by atoms with Gasteiger partial charge in [-0.2, -0.15) is 0 Å². The van der Waals surface area contributed by atoms with Crippen molar-refractivity contribution in [2.75, 3.05) is 0 Å². The predicted molar refractivity (Wildman–Crippen MR) is 57.7 cm³/mol. The van der Waals surface area contributed by atoms with Crippen LogP contribution in [0.3, 0.4) is 0 Å². The first-order valence-electron chi connectivity index (χ1n) is 4.57. The van der Waals surface area contributed by atoms with E-state index in [4.69, 9.17) is 4.42 Å². The molecule has 0 N–H and O–H groups in total. The molecule has 0 unspecified atom stereocenters. The van der Waals surface area contributed by atoms with E-state index in [2.05, 4.69) is 31.2 Å². The Morgan fingerprint density at radius 3 is 2.87 bits per heavy atom. The molecule has 0 aromatic carbocycles. The molecule has 2 aromatic heterocycles. The average molecular weight is 271 g/mol. The molecule has 15 heavy (non-hydrogen) atoms. The van der Waals surface area contributed by atoms with Crippen molar-refractivity contribution in [1.29, 1.82) is 0 Å². The van der Waals surface area contributed by atoms with E-state index in [0.717, 1.165) is 22.5 Å². The van der Waals surface area contributed by atoms with Gasteiger partial charge in [-0.25, -0.2) is 9.67 Å². The van der Waals surface area contributed by atoms with Crippen molar-refractivity contribution in [2.45, 2.75) is 25.7 Å². The predicted octanol–water partition coefficient (Wildman–Crippen LogP) is 1.83. The summed E-state index contributed by atoms with van der Waals surface area (Å²) in [6.45, 7) is 4.35. The second kappa shape index (κ2) is 4.14. The summed E-state index contributed by atoms with van der Waals surface area (Å²) in [7, 11) is 0. The molecule has 0 fully saturated rings. The van der Waals surface area contributed by atoms with Crippen molar-refractivity contribution in [3.63, 3.8) is 0 Å². The third-order valence-electron chi connectivity index (χ3n) is 2.19. The molecule has 80 valence electrons. The highest BCUT2D eigenvalue weighted by atomic mass is 79.9. The maximum absolute atomic E-state index is 5.47. The molecule has 0 amide bonds. The van der Waals surface area contributed by atoms with Crippen LogP contribution in [0.25, 0.3) is 0 Å². The van der Waals surface area contributed by atoms with E-state index in [-0.39, 0.29) is 0 Å². The maximum Gasteiger partial charge on any atom is 0.216 e. The Morgan fingerprint density at radius 2 is 2.27 bits per heavy atom. The van der Waals surface area contributed by atoms with Crippen molar-refractivity contribution < 1.29 is 4.42 Å². The Morgan fingerprint density at radius 1 is 1.47 bits per heavy atom. The molecule has 0 bridgehead atoms. The first-order valence-corrected chi connectivity index (χ1v) is 5.69.